The van der Waals surface area contributed by atoms with E-state index in [9.17, 15) is 5.11 Å². The Balaban J connectivity index is 3.14. The van der Waals surface area contributed by atoms with Crippen LogP contribution in [0.5, 0.6) is 5.75 Å². The van der Waals surface area contributed by atoms with Gasteiger partial charge < -0.3 is 26.8 Å². The van der Waals surface area contributed by atoms with E-state index in [1.54, 1.807) is 12.1 Å². The SMILES string of the molecule is Nc1ccc(O)c(C(N)(CCO)CCO)c1. The topological polar surface area (TPSA) is 113 Å². The fourth-order valence-electron chi connectivity index (χ4n) is 1.75. The van der Waals surface area contributed by atoms with Crippen LogP contribution in [0.3, 0.4) is 0 Å². The second-order valence-corrected chi connectivity index (χ2v) is 3.88. The number of nitrogens with two attached hydrogens (primary N) is 2. The molecule has 1 aromatic rings. The first-order chi connectivity index (χ1) is 7.53. The van der Waals surface area contributed by atoms with Crippen LogP contribution in [0, 0.1) is 0 Å². The molecule has 0 aliphatic carbocycles. The number of anilines is 1. The molecule has 0 aliphatic rings. The van der Waals surface area contributed by atoms with Gasteiger partial charge in [0.25, 0.3) is 0 Å². The zero-order valence-corrected chi connectivity index (χ0v) is 9.06. The molecule has 0 aromatic heterocycles. The fraction of sp³-hybridized carbons (Fsp3) is 0.455. The Morgan fingerprint density at radius 1 is 1.12 bits per heavy atom. The molecule has 5 nitrogen and oxygen atoms in total. The number of hydrogen-bond donors (Lipinski definition) is 5. The standard InChI is InChI=1S/C11H18N2O3/c12-8-1-2-10(16)9(7-8)11(13,3-5-14)4-6-15/h1-2,7,14-16H,3-6,12-13H2. The van der Waals surface area contributed by atoms with Gasteiger partial charge in [0, 0.05) is 30.0 Å². The van der Waals surface area contributed by atoms with Crippen molar-refractivity contribution in [3.8, 4) is 5.75 Å². The molecule has 90 valence electrons. The van der Waals surface area contributed by atoms with E-state index in [4.69, 9.17) is 21.7 Å². The Kier molecular flexibility index (Phi) is 4.12. The largest absolute Gasteiger partial charge is 0.508 e. The van der Waals surface area contributed by atoms with Crippen molar-refractivity contribution in [2.75, 3.05) is 18.9 Å². The highest BCUT2D eigenvalue weighted by molar-refractivity contribution is 5.50. The number of phenols is 1. The fourth-order valence-corrected chi connectivity index (χ4v) is 1.75. The minimum atomic E-state index is -0.955. The molecule has 0 saturated heterocycles. The molecular weight excluding hydrogens is 208 g/mol. The number of benzene rings is 1. The normalized spacial score (nSPS) is 11.7. The first-order valence-electron chi connectivity index (χ1n) is 5.13. The van der Waals surface area contributed by atoms with Crippen molar-refractivity contribution in [3.05, 3.63) is 23.8 Å². The summed E-state index contributed by atoms with van der Waals surface area (Å²) in [4.78, 5) is 0. The van der Waals surface area contributed by atoms with E-state index in [1.165, 1.54) is 6.07 Å². The maximum absolute atomic E-state index is 9.73. The maximum atomic E-state index is 9.73. The Morgan fingerprint density at radius 2 is 1.69 bits per heavy atom. The van der Waals surface area contributed by atoms with Crippen LogP contribution >= 0.6 is 0 Å². The van der Waals surface area contributed by atoms with Gasteiger partial charge in [-0.1, -0.05) is 0 Å². The summed E-state index contributed by atoms with van der Waals surface area (Å²) >= 11 is 0. The highest BCUT2D eigenvalue weighted by atomic mass is 16.3. The molecule has 0 spiro atoms. The molecule has 0 saturated carbocycles. The van der Waals surface area contributed by atoms with Crippen molar-refractivity contribution in [1.82, 2.24) is 0 Å². The van der Waals surface area contributed by atoms with Crippen LogP contribution in [-0.2, 0) is 5.54 Å². The summed E-state index contributed by atoms with van der Waals surface area (Å²) in [5.41, 5.74) is 11.7. The summed E-state index contributed by atoms with van der Waals surface area (Å²) in [6.45, 7) is -0.241. The zero-order chi connectivity index (χ0) is 12.2. The maximum Gasteiger partial charge on any atom is 0.120 e. The Morgan fingerprint density at radius 3 is 2.19 bits per heavy atom. The molecule has 1 aromatic carbocycles. The Bertz CT molecular complexity index is 349. The minimum Gasteiger partial charge on any atom is -0.508 e. The Labute approximate surface area is 94.3 Å². The molecule has 5 heteroatoms. The summed E-state index contributed by atoms with van der Waals surface area (Å²) in [6.07, 6.45) is 0.509. The van der Waals surface area contributed by atoms with Crippen LogP contribution in [0.1, 0.15) is 18.4 Å². The third kappa shape index (κ3) is 2.63. The predicted molar refractivity (Wildman–Crippen MR) is 61.8 cm³/mol. The van der Waals surface area contributed by atoms with Gasteiger partial charge in [0.1, 0.15) is 5.75 Å². The summed E-state index contributed by atoms with van der Waals surface area (Å²) in [5.74, 6) is 0.0265. The lowest BCUT2D eigenvalue weighted by atomic mass is 9.84. The highest BCUT2D eigenvalue weighted by Gasteiger charge is 2.29. The number of aliphatic hydroxyl groups excluding tert-OH is 2. The summed E-state index contributed by atoms with van der Waals surface area (Å²) in [6, 6.07) is 4.60. The molecule has 0 fully saturated rings. The van der Waals surface area contributed by atoms with E-state index in [2.05, 4.69) is 0 Å². The lowest BCUT2D eigenvalue weighted by Gasteiger charge is -2.29. The molecule has 0 atom stereocenters. The summed E-state index contributed by atoms with van der Waals surface area (Å²) < 4.78 is 0. The van der Waals surface area contributed by atoms with Crippen LogP contribution in [0.15, 0.2) is 18.2 Å². The number of nitrogen functional groups attached to an aromatic ring is 1. The van der Waals surface area contributed by atoms with E-state index in [-0.39, 0.29) is 31.8 Å². The average Bonchev–Trinajstić information content (AvgIpc) is 2.22. The second kappa shape index (κ2) is 5.16. The number of rotatable bonds is 5. The quantitative estimate of drug-likeness (QED) is 0.355. The van der Waals surface area contributed by atoms with Gasteiger partial charge in [0.05, 0.1) is 0 Å². The molecular formula is C11H18N2O3. The molecule has 0 amide bonds. The average molecular weight is 226 g/mol. The van der Waals surface area contributed by atoms with Crippen LogP contribution in [-0.4, -0.2) is 28.5 Å². The van der Waals surface area contributed by atoms with E-state index >= 15 is 0 Å². The number of hydrogen-bond acceptors (Lipinski definition) is 5. The van der Waals surface area contributed by atoms with E-state index in [0.717, 1.165) is 0 Å². The van der Waals surface area contributed by atoms with Crippen LogP contribution in [0.2, 0.25) is 0 Å². The molecule has 0 unspecified atom stereocenters. The van der Waals surface area contributed by atoms with Gasteiger partial charge in [-0.05, 0) is 31.0 Å². The van der Waals surface area contributed by atoms with Crippen molar-refractivity contribution in [1.29, 1.82) is 0 Å². The molecule has 1 rings (SSSR count). The number of aliphatic hydroxyl groups is 2. The first-order valence-corrected chi connectivity index (χ1v) is 5.13. The van der Waals surface area contributed by atoms with Gasteiger partial charge in [0.2, 0.25) is 0 Å². The third-order valence-corrected chi connectivity index (χ3v) is 2.67. The Hall–Kier alpha value is -1.30. The smallest absolute Gasteiger partial charge is 0.120 e. The van der Waals surface area contributed by atoms with Gasteiger partial charge >= 0.3 is 0 Å². The van der Waals surface area contributed by atoms with Crippen LogP contribution in [0.4, 0.5) is 5.69 Å². The van der Waals surface area contributed by atoms with E-state index in [0.29, 0.717) is 11.3 Å². The van der Waals surface area contributed by atoms with Crippen molar-refractivity contribution >= 4 is 5.69 Å². The van der Waals surface area contributed by atoms with Gasteiger partial charge in [-0.25, -0.2) is 0 Å². The van der Waals surface area contributed by atoms with Gasteiger partial charge in [-0.15, -0.1) is 0 Å². The second-order valence-electron chi connectivity index (χ2n) is 3.88. The van der Waals surface area contributed by atoms with Gasteiger partial charge in [0.15, 0.2) is 0 Å². The first kappa shape index (κ1) is 12.8. The lowest BCUT2D eigenvalue weighted by molar-refractivity contribution is 0.191. The lowest BCUT2D eigenvalue weighted by Crippen LogP contribution is -2.38. The monoisotopic (exact) mass is 226 g/mol. The van der Waals surface area contributed by atoms with Crippen LogP contribution in [0.25, 0.3) is 0 Å². The molecule has 7 N–H and O–H groups in total. The molecule has 0 bridgehead atoms. The molecule has 0 radical (unpaired) electrons. The molecule has 16 heavy (non-hydrogen) atoms. The molecule has 0 heterocycles. The highest BCUT2D eigenvalue weighted by Crippen LogP contribution is 2.33. The van der Waals surface area contributed by atoms with E-state index < -0.39 is 5.54 Å². The van der Waals surface area contributed by atoms with Gasteiger partial charge in [-0.3, -0.25) is 0 Å². The molecule has 0 aliphatic heterocycles. The predicted octanol–water partition coefficient (Wildman–Crippen LogP) is -0.107. The minimum absolute atomic E-state index is 0.0265. The summed E-state index contributed by atoms with van der Waals surface area (Å²) in [7, 11) is 0. The van der Waals surface area contributed by atoms with Crippen molar-refractivity contribution in [2.45, 2.75) is 18.4 Å². The van der Waals surface area contributed by atoms with E-state index in [1.807, 2.05) is 0 Å². The zero-order valence-electron chi connectivity index (χ0n) is 9.06. The van der Waals surface area contributed by atoms with Gasteiger partial charge in [-0.2, -0.15) is 0 Å². The number of phenolic OH excluding ortho intramolecular Hbond substituents is 1. The third-order valence-electron chi connectivity index (χ3n) is 2.67. The van der Waals surface area contributed by atoms with Crippen molar-refractivity contribution in [3.63, 3.8) is 0 Å². The van der Waals surface area contributed by atoms with Crippen LogP contribution < -0.4 is 11.5 Å². The van der Waals surface area contributed by atoms with Crippen molar-refractivity contribution in [2.24, 2.45) is 5.73 Å². The number of aromatic hydroxyl groups is 1. The van der Waals surface area contributed by atoms with Crippen molar-refractivity contribution < 1.29 is 15.3 Å². The summed E-state index contributed by atoms with van der Waals surface area (Å²) in [5, 5.41) is 27.7.